The minimum Gasteiger partial charge on any atom is -0.483 e. The number of aromatic nitrogens is 2. The Morgan fingerprint density at radius 2 is 2.11 bits per heavy atom. The fourth-order valence-corrected chi connectivity index (χ4v) is 4.07. The predicted molar refractivity (Wildman–Crippen MR) is 102 cm³/mol. The van der Waals surface area contributed by atoms with E-state index in [1.807, 2.05) is 18.7 Å². The quantitative estimate of drug-likeness (QED) is 0.657. The third-order valence-electron chi connectivity index (χ3n) is 5.74. The van der Waals surface area contributed by atoms with E-state index in [0.29, 0.717) is 18.4 Å². The van der Waals surface area contributed by atoms with E-state index in [0.717, 1.165) is 43.9 Å². The van der Waals surface area contributed by atoms with Gasteiger partial charge in [-0.2, -0.15) is 5.10 Å². The maximum atomic E-state index is 12.2. The van der Waals surface area contributed by atoms with Crippen LogP contribution in [0.5, 0.6) is 0 Å². The molecule has 3 heterocycles. The molecule has 2 aliphatic rings. The first-order valence-corrected chi connectivity index (χ1v) is 9.57. The Kier molecular flexibility index (Phi) is 7.79. The second-order valence-electron chi connectivity index (χ2n) is 7.57. The predicted octanol–water partition coefficient (Wildman–Crippen LogP) is 0.945. The van der Waals surface area contributed by atoms with Gasteiger partial charge >= 0.3 is 0 Å². The minimum atomic E-state index is -0.250. The third-order valence-corrected chi connectivity index (χ3v) is 5.74. The van der Waals surface area contributed by atoms with Gasteiger partial charge in [-0.15, -0.1) is 0 Å². The molecule has 152 valence electrons. The largest absolute Gasteiger partial charge is 0.483 e. The molecule has 0 bridgehead atoms. The highest BCUT2D eigenvalue weighted by molar-refractivity contribution is 5.76. The Morgan fingerprint density at radius 1 is 1.44 bits per heavy atom. The number of hydrogen-bond donors (Lipinski definition) is 3. The van der Waals surface area contributed by atoms with Crippen LogP contribution < -0.4 is 10.6 Å². The molecule has 0 saturated carbocycles. The van der Waals surface area contributed by atoms with Crippen molar-refractivity contribution in [1.29, 1.82) is 0 Å². The molecule has 1 atom stereocenters. The SMILES string of the molecule is Cc1nn(C)c(C)c1CCC(=O)NCC1CC2(CCNCC2)CO1.O=CO. The van der Waals surface area contributed by atoms with Gasteiger partial charge in [0, 0.05) is 25.7 Å². The maximum absolute atomic E-state index is 12.2. The average Bonchev–Trinajstić information content (AvgIpc) is 3.14. The summed E-state index contributed by atoms with van der Waals surface area (Å²) in [5.41, 5.74) is 3.71. The number of amides is 1. The normalized spacial score (nSPS) is 20.8. The molecule has 1 amide bonds. The topological polar surface area (TPSA) is 105 Å². The van der Waals surface area contributed by atoms with Gasteiger partial charge in [0.2, 0.25) is 5.91 Å². The van der Waals surface area contributed by atoms with Crippen LogP contribution in [0.1, 0.15) is 42.6 Å². The molecule has 1 aromatic heterocycles. The highest BCUT2D eigenvalue weighted by Crippen LogP contribution is 2.40. The van der Waals surface area contributed by atoms with Gasteiger partial charge in [0.25, 0.3) is 6.47 Å². The summed E-state index contributed by atoms with van der Waals surface area (Å²) in [7, 11) is 1.94. The van der Waals surface area contributed by atoms with Crippen LogP contribution in [0, 0.1) is 19.3 Å². The lowest BCUT2D eigenvalue weighted by molar-refractivity contribution is -0.123. The van der Waals surface area contributed by atoms with Crippen LogP contribution in [0.3, 0.4) is 0 Å². The van der Waals surface area contributed by atoms with Crippen LogP contribution in [0.15, 0.2) is 0 Å². The van der Waals surface area contributed by atoms with E-state index in [9.17, 15) is 4.79 Å². The molecule has 1 spiro atoms. The van der Waals surface area contributed by atoms with Crippen LogP contribution in [-0.2, 0) is 27.8 Å². The molecule has 0 radical (unpaired) electrons. The molecule has 2 saturated heterocycles. The number of piperidine rings is 1. The number of carboxylic acid groups (broad SMARTS) is 1. The van der Waals surface area contributed by atoms with Gasteiger partial charge in [0.1, 0.15) is 0 Å². The molecule has 8 nitrogen and oxygen atoms in total. The van der Waals surface area contributed by atoms with Crippen molar-refractivity contribution < 1.29 is 19.4 Å². The number of nitrogens with one attached hydrogen (secondary N) is 2. The molecule has 0 aliphatic carbocycles. The number of ether oxygens (including phenoxy) is 1. The van der Waals surface area contributed by atoms with Crippen LogP contribution >= 0.6 is 0 Å². The average molecular weight is 380 g/mol. The number of rotatable bonds is 5. The fraction of sp³-hybridized carbons (Fsp3) is 0.737. The second kappa shape index (κ2) is 9.85. The lowest BCUT2D eigenvalue weighted by Crippen LogP contribution is -2.38. The zero-order valence-electron chi connectivity index (χ0n) is 16.6. The van der Waals surface area contributed by atoms with Crippen molar-refractivity contribution in [3.8, 4) is 0 Å². The van der Waals surface area contributed by atoms with E-state index < -0.39 is 0 Å². The zero-order valence-corrected chi connectivity index (χ0v) is 16.6. The highest BCUT2D eigenvalue weighted by Gasteiger charge is 2.40. The number of hydrogen-bond acceptors (Lipinski definition) is 5. The Hall–Kier alpha value is -1.93. The molecule has 2 aliphatic heterocycles. The molecule has 8 heteroatoms. The van der Waals surface area contributed by atoms with E-state index in [1.54, 1.807) is 0 Å². The monoisotopic (exact) mass is 380 g/mol. The summed E-state index contributed by atoms with van der Waals surface area (Å²) in [4.78, 5) is 20.5. The molecule has 1 unspecified atom stereocenters. The van der Waals surface area contributed by atoms with Crippen molar-refractivity contribution in [1.82, 2.24) is 20.4 Å². The Balaban J connectivity index is 0.000000817. The van der Waals surface area contributed by atoms with Gasteiger partial charge in [-0.05, 0) is 63.6 Å². The molecule has 2 fully saturated rings. The molecular formula is C19H32N4O4. The van der Waals surface area contributed by atoms with Crippen LogP contribution in [0.2, 0.25) is 0 Å². The van der Waals surface area contributed by atoms with Gasteiger partial charge in [-0.25, -0.2) is 0 Å². The first-order valence-electron chi connectivity index (χ1n) is 9.57. The summed E-state index contributed by atoms with van der Waals surface area (Å²) in [5, 5.41) is 17.8. The number of carbonyl (C=O) groups is 2. The summed E-state index contributed by atoms with van der Waals surface area (Å²) >= 11 is 0. The lowest BCUT2D eigenvalue weighted by Gasteiger charge is -2.32. The number of nitrogens with zero attached hydrogens (tertiary/aromatic N) is 2. The van der Waals surface area contributed by atoms with Gasteiger partial charge in [-0.3, -0.25) is 14.3 Å². The van der Waals surface area contributed by atoms with E-state index in [-0.39, 0.29) is 18.5 Å². The maximum Gasteiger partial charge on any atom is 0.290 e. The molecule has 3 N–H and O–H groups in total. The first kappa shape index (κ1) is 21.4. The van der Waals surface area contributed by atoms with Crippen LogP contribution in [0.4, 0.5) is 0 Å². The molecule has 0 aromatic carbocycles. The summed E-state index contributed by atoms with van der Waals surface area (Å²) in [6.07, 6.45) is 4.89. The van der Waals surface area contributed by atoms with Gasteiger partial charge < -0.3 is 20.5 Å². The summed E-state index contributed by atoms with van der Waals surface area (Å²) in [5.74, 6) is 0.104. The second-order valence-corrected chi connectivity index (χ2v) is 7.57. The van der Waals surface area contributed by atoms with Crippen molar-refractivity contribution in [2.75, 3.05) is 26.2 Å². The Bertz CT molecular complexity index is 638. The number of carbonyl (C=O) groups excluding carboxylic acids is 1. The standard InChI is InChI=1S/C18H30N4O2.CH2O2/c1-13-16(14(2)22(3)21-13)4-5-17(23)20-11-15-10-18(12-24-15)6-8-19-9-7-18;2-1-3/h15,19H,4-12H2,1-3H3,(H,20,23);1H,(H,2,3). The molecule has 27 heavy (non-hydrogen) atoms. The van der Waals surface area contributed by atoms with Gasteiger partial charge in [0.15, 0.2) is 0 Å². The summed E-state index contributed by atoms with van der Waals surface area (Å²) < 4.78 is 7.83. The highest BCUT2D eigenvalue weighted by atomic mass is 16.5. The minimum absolute atomic E-state index is 0.104. The van der Waals surface area contributed by atoms with Crippen molar-refractivity contribution in [2.24, 2.45) is 12.5 Å². The Labute approximate surface area is 160 Å². The van der Waals surface area contributed by atoms with Crippen molar-refractivity contribution in [3.63, 3.8) is 0 Å². The summed E-state index contributed by atoms with van der Waals surface area (Å²) in [6.45, 7) is 7.48. The van der Waals surface area contributed by atoms with E-state index >= 15 is 0 Å². The van der Waals surface area contributed by atoms with E-state index in [4.69, 9.17) is 14.6 Å². The van der Waals surface area contributed by atoms with E-state index in [2.05, 4.69) is 22.7 Å². The molecule has 1 aromatic rings. The van der Waals surface area contributed by atoms with Crippen LogP contribution in [0.25, 0.3) is 0 Å². The smallest absolute Gasteiger partial charge is 0.290 e. The lowest BCUT2D eigenvalue weighted by atomic mass is 9.77. The first-order chi connectivity index (χ1) is 12.9. The van der Waals surface area contributed by atoms with E-state index in [1.165, 1.54) is 18.4 Å². The third kappa shape index (κ3) is 5.77. The fourth-order valence-electron chi connectivity index (χ4n) is 4.07. The van der Waals surface area contributed by atoms with Gasteiger partial charge in [-0.1, -0.05) is 0 Å². The Morgan fingerprint density at radius 3 is 2.70 bits per heavy atom. The molecular weight excluding hydrogens is 348 g/mol. The van der Waals surface area contributed by atoms with Crippen molar-refractivity contribution in [3.05, 3.63) is 17.0 Å². The van der Waals surface area contributed by atoms with Gasteiger partial charge in [0.05, 0.1) is 18.4 Å². The van der Waals surface area contributed by atoms with Crippen LogP contribution in [-0.4, -0.2) is 59.6 Å². The zero-order chi connectivity index (χ0) is 19.9. The van der Waals surface area contributed by atoms with Crippen molar-refractivity contribution in [2.45, 2.75) is 52.1 Å². The van der Waals surface area contributed by atoms with Crippen molar-refractivity contribution >= 4 is 12.4 Å². The molecule has 3 rings (SSSR count). The summed E-state index contributed by atoms with van der Waals surface area (Å²) in [6, 6.07) is 0. The number of aryl methyl sites for hydroxylation is 2.